The van der Waals surface area contributed by atoms with Gasteiger partial charge in [-0.2, -0.15) is 0 Å². The lowest BCUT2D eigenvalue weighted by Gasteiger charge is -2.21. The third-order valence-electron chi connectivity index (χ3n) is 17.4. The summed E-state index contributed by atoms with van der Waals surface area (Å²) >= 11 is 0. The van der Waals surface area contributed by atoms with Gasteiger partial charge in [0, 0.05) is 25.7 Å². The SMILES string of the molecule is CCCCCCCCCCCCCCCCCCCC(=O)O[C@H](COC(=O)CCCCCCCCCCCCC(C)C)COP(=O)(O)OC[C@@H](O)COP(=O)(O)OC[C@@H](COC(=O)CCCCCCCCCCCC(C)C)OC(=O)CCCCCCCCCCCC(C)C. The summed E-state index contributed by atoms with van der Waals surface area (Å²) < 4.78 is 68.5. The number of carbonyl (C=O) groups excluding carboxylic acids is 4. The van der Waals surface area contributed by atoms with E-state index in [4.69, 9.17) is 37.0 Å². The highest BCUT2D eigenvalue weighted by molar-refractivity contribution is 7.47. The van der Waals surface area contributed by atoms with Crippen molar-refractivity contribution in [3.05, 3.63) is 0 Å². The van der Waals surface area contributed by atoms with Gasteiger partial charge in [-0.1, -0.05) is 331 Å². The van der Waals surface area contributed by atoms with Crippen LogP contribution >= 0.6 is 15.6 Å². The van der Waals surface area contributed by atoms with Crippen molar-refractivity contribution in [2.45, 2.75) is 401 Å². The number of aliphatic hydroxyl groups is 1. The van der Waals surface area contributed by atoms with Crippen LogP contribution in [-0.4, -0.2) is 96.7 Å². The van der Waals surface area contributed by atoms with E-state index in [1.807, 2.05) is 0 Å². The fourth-order valence-electron chi connectivity index (χ4n) is 11.4. The molecule has 17 nitrogen and oxygen atoms in total. The fourth-order valence-corrected chi connectivity index (χ4v) is 13.0. The molecule has 0 aromatic rings. The van der Waals surface area contributed by atoms with Crippen LogP contribution in [0.5, 0.6) is 0 Å². The van der Waals surface area contributed by atoms with Gasteiger partial charge in [0.25, 0.3) is 0 Å². The zero-order valence-corrected chi connectivity index (χ0v) is 63.2. The summed E-state index contributed by atoms with van der Waals surface area (Å²) in [5.74, 6) is 0.120. The lowest BCUT2D eigenvalue weighted by molar-refractivity contribution is -0.161. The number of hydrogen-bond acceptors (Lipinski definition) is 15. The maximum Gasteiger partial charge on any atom is 0.472 e. The zero-order chi connectivity index (χ0) is 69.4. The molecule has 94 heavy (non-hydrogen) atoms. The smallest absolute Gasteiger partial charge is 0.462 e. The van der Waals surface area contributed by atoms with Gasteiger partial charge < -0.3 is 33.8 Å². The van der Waals surface area contributed by atoms with Crippen LogP contribution in [0.2, 0.25) is 0 Å². The molecule has 0 spiro atoms. The van der Waals surface area contributed by atoms with Crippen LogP contribution in [0.25, 0.3) is 0 Å². The first-order chi connectivity index (χ1) is 45.2. The summed E-state index contributed by atoms with van der Waals surface area (Å²) in [5.41, 5.74) is 0. The van der Waals surface area contributed by atoms with Gasteiger partial charge in [0.05, 0.1) is 26.4 Å². The van der Waals surface area contributed by atoms with Crippen LogP contribution in [0, 0.1) is 17.8 Å². The highest BCUT2D eigenvalue weighted by atomic mass is 31.2. The Morgan fingerprint density at radius 1 is 0.287 bits per heavy atom. The van der Waals surface area contributed by atoms with Crippen LogP contribution in [0.1, 0.15) is 382 Å². The molecule has 0 aliphatic heterocycles. The lowest BCUT2D eigenvalue weighted by atomic mass is 10.0. The van der Waals surface area contributed by atoms with Crippen molar-refractivity contribution in [1.82, 2.24) is 0 Å². The van der Waals surface area contributed by atoms with E-state index < -0.39 is 97.5 Å². The molecule has 3 N–H and O–H groups in total. The Balaban J connectivity index is 5.26. The Labute approximate surface area is 575 Å². The molecule has 0 radical (unpaired) electrons. The number of carbonyl (C=O) groups is 4. The normalized spacial score (nSPS) is 14.1. The monoisotopic (exact) mass is 1380 g/mol. The number of ether oxygens (including phenoxy) is 4. The first-order valence-corrected chi connectivity index (χ1v) is 41.8. The van der Waals surface area contributed by atoms with Gasteiger partial charge >= 0.3 is 39.5 Å². The van der Waals surface area contributed by atoms with Crippen molar-refractivity contribution in [2.24, 2.45) is 17.8 Å². The van der Waals surface area contributed by atoms with Crippen LogP contribution in [-0.2, 0) is 65.4 Å². The van der Waals surface area contributed by atoms with E-state index in [1.54, 1.807) is 0 Å². The molecule has 0 aliphatic rings. The average Bonchev–Trinajstić information content (AvgIpc) is 1.43. The molecule has 0 amide bonds. The van der Waals surface area contributed by atoms with E-state index in [2.05, 4.69) is 48.5 Å². The number of phosphoric acid groups is 2. The molecule has 0 saturated heterocycles. The van der Waals surface area contributed by atoms with Crippen LogP contribution < -0.4 is 0 Å². The second kappa shape index (κ2) is 65.7. The van der Waals surface area contributed by atoms with Gasteiger partial charge in [-0.05, 0) is 43.4 Å². The second-order valence-corrected chi connectivity index (χ2v) is 31.4. The molecule has 19 heteroatoms. The maximum atomic E-state index is 13.1. The van der Waals surface area contributed by atoms with Gasteiger partial charge in [0.1, 0.15) is 19.3 Å². The van der Waals surface area contributed by atoms with Crippen molar-refractivity contribution >= 4 is 39.5 Å². The molecule has 558 valence electrons. The second-order valence-electron chi connectivity index (χ2n) is 28.5. The number of hydrogen-bond donors (Lipinski definition) is 3. The van der Waals surface area contributed by atoms with Crippen LogP contribution in [0.15, 0.2) is 0 Å². The topological polar surface area (TPSA) is 237 Å². The van der Waals surface area contributed by atoms with Gasteiger partial charge in [0.2, 0.25) is 0 Å². The van der Waals surface area contributed by atoms with Crippen molar-refractivity contribution < 1.29 is 80.2 Å². The summed E-state index contributed by atoms with van der Waals surface area (Å²) in [7, 11) is -9.91. The van der Waals surface area contributed by atoms with Crippen molar-refractivity contribution in [2.75, 3.05) is 39.6 Å². The predicted molar refractivity (Wildman–Crippen MR) is 381 cm³/mol. The molecule has 0 aromatic heterocycles. The van der Waals surface area contributed by atoms with Crippen molar-refractivity contribution in [3.63, 3.8) is 0 Å². The first-order valence-electron chi connectivity index (χ1n) is 38.8. The Hall–Kier alpha value is -1.94. The van der Waals surface area contributed by atoms with E-state index in [1.165, 1.54) is 193 Å². The zero-order valence-electron chi connectivity index (χ0n) is 61.4. The van der Waals surface area contributed by atoms with E-state index in [0.29, 0.717) is 25.7 Å². The molecule has 0 fully saturated rings. The fraction of sp³-hybridized carbons (Fsp3) is 0.947. The Bertz CT molecular complexity index is 1840. The number of unbranched alkanes of at least 4 members (excludes halogenated alkanes) is 41. The summed E-state index contributed by atoms with van der Waals surface area (Å²) in [6, 6.07) is 0. The highest BCUT2D eigenvalue weighted by Crippen LogP contribution is 2.45. The standard InChI is InChI=1S/C75H146O17P2/c1-8-9-10-11-12-13-14-15-16-17-18-19-20-29-37-44-51-58-74(79)91-70(62-85-72(77)56-49-42-35-28-22-21-25-32-39-46-53-66(2)3)64-89-93(81,82)87-60-69(76)61-88-94(83,84)90-65-71(92-75(80)59-52-45-38-31-24-27-34-41-48-55-68(6)7)63-86-73(78)57-50-43-36-30-23-26-33-40-47-54-67(4)5/h66-71,76H,8-65H2,1-7H3,(H,81,82)(H,83,84)/t69-,70-,71-/m1/s1. The summed E-state index contributed by atoms with van der Waals surface area (Å²) in [6.45, 7) is 11.8. The number of esters is 4. The molecule has 0 aromatic carbocycles. The number of aliphatic hydroxyl groups excluding tert-OH is 1. The Morgan fingerprint density at radius 2 is 0.489 bits per heavy atom. The van der Waals surface area contributed by atoms with Crippen LogP contribution in [0.4, 0.5) is 0 Å². The van der Waals surface area contributed by atoms with E-state index in [0.717, 1.165) is 108 Å². The van der Waals surface area contributed by atoms with E-state index in [9.17, 15) is 43.2 Å². The van der Waals surface area contributed by atoms with E-state index in [-0.39, 0.29) is 25.7 Å². The Kier molecular flexibility index (Phi) is 64.3. The highest BCUT2D eigenvalue weighted by Gasteiger charge is 2.30. The molecule has 0 rings (SSSR count). The largest absolute Gasteiger partial charge is 0.472 e. The molecule has 0 heterocycles. The lowest BCUT2D eigenvalue weighted by Crippen LogP contribution is -2.30. The van der Waals surface area contributed by atoms with E-state index >= 15 is 0 Å². The third-order valence-corrected chi connectivity index (χ3v) is 19.3. The number of rotatable bonds is 73. The molecule has 2 unspecified atom stereocenters. The Morgan fingerprint density at radius 3 is 0.723 bits per heavy atom. The third kappa shape index (κ3) is 68.6. The molecular formula is C75H146O17P2. The minimum absolute atomic E-state index is 0.105. The predicted octanol–water partition coefficient (Wildman–Crippen LogP) is 21.8. The van der Waals surface area contributed by atoms with Gasteiger partial charge in [0.15, 0.2) is 12.2 Å². The summed E-state index contributed by atoms with van der Waals surface area (Å²) in [4.78, 5) is 72.8. The first kappa shape index (κ1) is 92.1. The minimum Gasteiger partial charge on any atom is -0.462 e. The average molecular weight is 1380 g/mol. The molecule has 0 bridgehead atoms. The minimum atomic E-state index is -4.96. The van der Waals surface area contributed by atoms with Gasteiger partial charge in [-0.25, -0.2) is 9.13 Å². The quantitative estimate of drug-likeness (QED) is 0.0222. The summed E-state index contributed by atoms with van der Waals surface area (Å²) in [5, 5.41) is 10.6. The maximum absolute atomic E-state index is 13.1. The van der Waals surface area contributed by atoms with Crippen molar-refractivity contribution in [3.8, 4) is 0 Å². The molecule has 0 saturated carbocycles. The van der Waals surface area contributed by atoms with Crippen molar-refractivity contribution in [1.29, 1.82) is 0 Å². The van der Waals surface area contributed by atoms with Gasteiger partial charge in [-0.15, -0.1) is 0 Å². The molecule has 0 aliphatic carbocycles. The van der Waals surface area contributed by atoms with Crippen LogP contribution in [0.3, 0.4) is 0 Å². The molecular weight excluding hydrogens is 1230 g/mol. The van der Waals surface area contributed by atoms with Gasteiger partial charge in [-0.3, -0.25) is 37.3 Å². The molecule has 5 atom stereocenters. The summed E-state index contributed by atoms with van der Waals surface area (Å²) in [6.07, 6.45) is 51.3. The number of phosphoric ester groups is 2.